The molecule has 2 saturated heterocycles. The summed E-state index contributed by atoms with van der Waals surface area (Å²) >= 11 is 0. The van der Waals surface area contributed by atoms with Gasteiger partial charge >= 0.3 is 0 Å². The lowest BCUT2D eigenvalue weighted by Gasteiger charge is -2.30. The Hall–Kier alpha value is -1.06. The fourth-order valence-electron chi connectivity index (χ4n) is 3.48. The Morgan fingerprint density at radius 3 is 2.38 bits per heavy atom. The van der Waals surface area contributed by atoms with E-state index in [1.54, 1.807) is 0 Å². The van der Waals surface area contributed by atoms with Crippen LogP contribution in [0, 0.1) is 5.92 Å². The molecule has 21 heavy (non-hydrogen) atoms. The predicted molar refractivity (Wildman–Crippen MR) is 89.7 cm³/mol. The van der Waals surface area contributed by atoms with E-state index in [1.165, 1.54) is 50.0 Å². The van der Waals surface area contributed by atoms with Gasteiger partial charge in [-0.3, -0.25) is 0 Å². The molecule has 0 spiro atoms. The lowest BCUT2D eigenvalue weighted by Crippen LogP contribution is -2.36. The summed E-state index contributed by atoms with van der Waals surface area (Å²) in [5, 5.41) is 7.36. The van der Waals surface area contributed by atoms with Crippen molar-refractivity contribution < 1.29 is 0 Å². The van der Waals surface area contributed by atoms with Gasteiger partial charge in [-0.25, -0.2) is 0 Å². The van der Waals surface area contributed by atoms with E-state index in [2.05, 4.69) is 53.8 Å². The SMILES string of the molecule is C[C@H]1CC[C@H](c2ccc(NC3CCN(C)CC3)cc2)NC1. The van der Waals surface area contributed by atoms with Gasteiger partial charge in [-0.05, 0) is 76.0 Å². The van der Waals surface area contributed by atoms with Crippen molar-refractivity contribution in [1.82, 2.24) is 10.2 Å². The molecule has 0 aromatic heterocycles. The summed E-state index contributed by atoms with van der Waals surface area (Å²) in [6, 6.07) is 10.3. The zero-order valence-corrected chi connectivity index (χ0v) is 13.4. The molecule has 2 heterocycles. The highest BCUT2D eigenvalue weighted by Gasteiger charge is 2.19. The van der Waals surface area contributed by atoms with Crippen LogP contribution in [0.4, 0.5) is 5.69 Å². The Kier molecular flexibility index (Phi) is 4.81. The molecule has 0 radical (unpaired) electrons. The topological polar surface area (TPSA) is 27.3 Å². The van der Waals surface area contributed by atoms with Crippen molar-refractivity contribution in [3.63, 3.8) is 0 Å². The molecule has 2 aliphatic rings. The summed E-state index contributed by atoms with van der Waals surface area (Å²) in [6.07, 6.45) is 5.11. The third-order valence-corrected chi connectivity index (χ3v) is 5.06. The first-order valence-electron chi connectivity index (χ1n) is 8.49. The number of hydrogen-bond donors (Lipinski definition) is 2. The molecule has 0 bridgehead atoms. The summed E-state index contributed by atoms with van der Waals surface area (Å²) in [7, 11) is 2.21. The maximum atomic E-state index is 3.69. The van der Waals surface area contributed by atoms with Crippen LogP contribution in [-0.4, -0.2) is 37.6 Å². The van der Waals surface area contributed by atoms with Crippen molar-refractivity contribution in [1.29, 1.82) is 0 Å². The first kappa shape index (κ1) is 14.9. The monoisotopic (exact) mass is 287 g/mol. The van der Waals surface area contributed by atoms with Gasteiger partial charge in [0.05, 0.1) is 0 Å². The van der Waals surface area contributed by atoms with E-state index in [0.29, 0.717) is 12.1 Å². The molecule has 3 rings (SSSR count). The molecule has 0 amide bonds. The molecule has 1 aromatic carbocycles. The molecule has 3 heteroatoms. The molecule has 2 fully saturated rings. The fraction of sp³-hybridized carbons (Fsp3) is 0.667. The zero-order chi connectivity index (χ0) is 14.7. The van der Waals surface area contributed by atoms with Crippen molar-refractivity contribution in [2.24, 2.45) is 5.92 Å². The summed E-state index contributed by atoms with van der Waals surface area (Å²) in [5.74, 6) is 0.826. The van der Waals surface area contributed by atoms with E-state index in [9.17, 15) is 0 Å². The highest BCUT2D eigenvalue weighted by Crippen LogP contribution is 2.26. The van der Waals surface area contributed by atoms with Gasteiger partial charge in [-0.2, -0.15) is 0 Å². The number of hydrogen-bond acceptors (Lipinski definition) is 3. The summed E-state index contributed by atoms with van der Waals surface area (Å²) in [4.78, 5) is 2.41. The van der Waals surface area contributed by atoms with Gasteiger partial charge in [0.2, 0.25) is 0 Å². The van der Waals surface area contributed by atoms with Gasteiger partial charge in [-0.1, -0.05) is 19.1 Å². The Labute approximate surface area is 129 Å². The molecule has 0 aliphatic carbocycles. The van der Waals surface area contributed by atoms with Gasteiger partial charge in [0, 0.05) is 17.8 Å². The summed E-state index contributed by atoms with van der Waals surface area (Å²) < 4.78 is 0. The van der Waals surface area contributed by atoms with Crippen molar-refractivity contribution >= 4 is 5.69 Å². The van der Waals surface area contributed by atoms with Gasteiger partial charge in [0.15, 0.2) is 0 Å². The maximum absolute atomic E-state index is 3.69. The Morgan fingerprint density at radius 1 is 1.05 bits per heavy atom. The molecule has 3 nitrogen and oxygen atoms in total. The van der Waals surface area contributed by atoms with E-state index in [0.717, 1.165) is 12.5 Å². The number of piperidine rings is 2. The minimum atomic E-state index is 0.554. The third-order valence-electron chi connectivity index (χ3n) is 5.06. The lowest BCUT2D eigenvalue weighted by molar-refractivity contribution is 0.264. The van der Waals surface area contributed by atoms with Crippen molar-refractivity contribution in [3.8, 4) is 0 Å². The first-order valence-corrected chi connectivity index (χ1v) is 8.49. The fourth-order valence-corrected chi connectivity index (χ4v) is 3.48. The zero-order valence-electron chi connectivity index (χ0n) is 13.4. The van der Waals surface area contributed by atoms with Gasteiger partial charge in [0.1, 0.15) is 0 Å². The molecule has 2 aliphatic heterocycles. The number of rotatable bonds is 3. The summed E-state index contributed by atoms with van der Waals surface area (Å²) in [6.45, 7) is 5.90. The van der Waals surface area contributed by atoms with Crippen LogP contribution in [0.1, 0.15) is 44.2 Å². The molecule has 0 saturated carbocycles. The smallest absolute Gasteiger partial charge is 0.0342 e. The molecule has 2 atom stereocenters. The minimum Gasteiger partial charge on any atom is -0.382 e. The van der Waals surface area contributed by atoms with Crippen LogP contribution >= 0.6 is 0 Å². The number of likely N-dealkylation sites (tertiary alicyclic amines) is 1. The second-order valence-corrected chi connectivity index (χ2v) is 6.99. The molecular formula is C18H29N3. The highest BCUT2D eigenvalue weighted by molar-refractivity contribution is 5.46. The molecule has 1 aromatic rings. The molecule has 0 unspecified atom stereocenters. The van der Waals surface area contributed by atoms with Crippen LogP contribution in [0.25, 0.3) is 0 Å². The average molecular weight is 287 g/mol. The van der Waals surface area contributed by atoms with E-state index in [-0.39, 0.29) is 0 Å². The van der Waals surface area contributed by atoms with Crippen LogP contribution in [0.2, 0.25) is 0 Å². The Balaban J connectivity index is 1.54. The largest absolute Gasteiger partial charge is 0.382 e. The van der Waals surface area contributed by atoms with Crippen LogP contribution in [0.3, 0.4) is 0 Å². The summed E-state index contributed by atoms with van der Waals surface area (Å²) in [5.41, 5.74) is 2.72. The van der Waals surface area contributed by atoms with Crippen molar-refractivity contribution in [3.05, 3.63) is 29.8 Å². The van der Waals surface area contributed by atoms with Crippen LogP contribution in [-0.2, 0) is 0 Å². The second-order valence-electron chi connectivity index (χ2n) is 6.99. The minimum absolute atomic E-state index is 0.554. The van der Waals surface area contributed by atoms with Gasteiger partial charge in [0.25, 0.3) is 0 Å². The Morgan fingerprint density at radius 2 is 1.76 bits per heavy atom. The quantitative estimate of drug-likeness (QED) is 0.893. The van der Waals surface area contributed by atoms with Crippen molar-refractivity contribution in [2.75, 3.05) is 32.0 Å². The van der Waals surface area contributed by atoms with E-state index < -0.39 is 0 Å². The number of benzene rings is 1. The second kappa shape index (κ2) is 6.80. The van der Waals surface area contributed by atoms with Gasteiger partial charge < -0.3 is 15.5 Å². The predicted octanol–water partition coefficient (Wildman–Crippen LogP) is 3.25. The van der Waals surface area contributed by atoms with E-state index >= 15 is 0 Å². The van der Waals surface area contributed by atoms with E-state index in [1.807, 2.05) is 0 Å². The number of anilines is 1. The van der Waals surface area contributed by atoms with Crippen LogP contribution in [0.15, 0.2) is 24.3 Å². The Bertz CT molecular complexity index is 426. The van der Waals surface area contributed by atoms with Crippen LogP contribution < -0.4 is 10.6 Å². The number of nitrogens with zero attached hydrogens (tertiary/aromatic N) is 1. The van der Waals surface area contributed by atoms with Crippen LogP contribution in [0.5, 0.6) is 0 Å². The normalized spacial score (nSPS) is 28.5. The average Bonchev–Trinajstić information content (AvgIpc) is 2.51. The third kappa shape index (κ3) is 3.98. The standard InChI is InChI=1S/C18H29N3/c1-14-3-8-18(19-13-14)15-4-6-16(7-5-15)20-17-9-11-21(2)12-10-17/h4-7,14,17-20H,3,8-13H2,1-2H3/t14-,18+/m0/s1. The highest BCUT2D eigenvalue weighted by atomic mass is 15.1. The van der Waals surface area contributed by atoms with E-state index in [4.69, 9.17) is 0 Å². The first-order chi connectivity index (χ1) is 10.2. The maximum Gasteiger partial charge on any atom is 0.0342 e. The van der Waals surface area contributed by atoms with Crippen molar-refractivity contribution in [2.45, 2.75) is 44.7 Å². The molecule has 116 valence electrons. The van der Waals surface area contributed by atoms with Gasteiger partial charge in [-0.15, -0.1) is 0 Å². The molecule has 2 N–H and O–H groups in total. The number of nitrogens with one attached hydrogen (secondary N) is 2. The lowest BCUT2D eigenvalue weighted by atomic mass is 9.92. The molecular weight excluding hydrogens is 258 g/mol.